The molecule has 0 aliphatic rings. The predicted octanol–water partition coefficient (Wildman–Crippen LogP) is 2.35. The molecule has 0 aliphatic carbocycles. The number of aromatic carboxylic acids is 1. The quantitative estimate of drug-likeness (QED) is 0.863. The second-order valence-corrected chi connectivity index (χ2v) is 4.47. The Morgan fingerprint density at radius 1 is 1.37 bits per heavy atom. The van der Waals surface area contributed by atoms with Gasteiger partial charge in [-0.05, 0) is 25.3 Å². The number of rotatable bonds is 5. The molecule has 2 aromatic rings. The first kappa shape index (κ1) is 13.3. The average molecular weight is 261 g/mol. The fourth-order valence-electron chi connectivity index (χ4n) is 1.72. The van der Waals surface area contributed by atoms with Crippen LogP contribution in [0.25, 0.3) is 11.3 Å². The minimum Gasteiger partial charge on any atom is -0.476 e. The van der Waals surface area contributed by atoms with E-state index in [1.54, 1.807) is 6.92 Å². The van der Waals surface area contributed by atoms with Gasteiger partial charge in [0.2, 0.25) is 0 Å². The third-order valence-corrected chi connectivity index (χ3v) is 2.82. The number of carboxylic acids is 1. The molecule has 0 amide bonds. The minimum absolute atomic E-state index is 0.104. The molecule has 2 N–H and O–H groups in total. The highest BCUT2D eigenvalue weighted by Gasteiger charge is 2.11. The summed E-state index contributed by atoms with van der Waals surface area (Å²) in [5.41, 5.74) is 1.79. The van der Waals surface area contributed by atoms with Gasteiger partial charge in [0.25, 0.3) is 0 Å². The maximum absolute atomic E-state index is 10.7. The maximum Gasteiger partial charge on any atom is 0.358 e. The summed E-state index contributed by atoms with van der Waals surface area (Å²) in [6, 6.07) is 8.96. The summed E-state index contributed by atoms with van der Waals surface area (Å²) in [4.78, 5) is 10.7. The molecule has 0 saturated carbocycles. The molecule has 0 aliphatic heterocycles. The lowest BCUT2D eigenvalue weighted by atomic mass is 10.0. The zero-order chi connectivity index (χ0) is 13.8. The molecule has 1 aromatic heterocycles. The molecule has 19 heavy (non-hydrogen) atoms. The van der Waals surface area contributed by atoms with Crippen LogP contribution in [-0.4, -0.2) is 27.4 Å². The van der Waals surface area contributed by atoms with Crippen LogP contribution in [0.3, 0.4) is 0 Å². The van der Waals surface area contributed by atoms with Crippen molar-refractivity contribution in [1.29, 1.82) is 0 Å². The summed E-state index contributed by atoms with van der Waals surface area (Å²) in [5.74, 6) is -0.678. The molecule has 5 nitrogen and oxygen atoms in total. The SMILES string of the molecule is CC(O)CCc1ccc(-c2cc(C(=O)O)no2)cc1. The smallest absolute Gasteiger partial charge is 0.358 e. The first-order valence-electron chi connectivity index (χ1n) is 6.03. The molecule has 1 atom stereocenters. The summed E-state index contributed by atoms with van der Waals surface area (Å²) >= 11 is 0. The van der Waals surface area contributed by atoms with Crippen LogP contribution in [0, 0.1) is 0 Å². The van der Waals surface area contributed by atoms with Crippen molar-refractivity contribution >= 4 is 5.97 Å². The monoisotopic (exact) mass is 261 g/mol. The summed E-state index contributed by atoms with van der Waals surface area (Å²) < 4.78 is 4.98. The number of carboxylic acid groups (broad SMARTS) is 1. The molecule has 0 spiro atoms. The van der Waals surface area contributed by atoms with Crippen molar-refractivity contribution in [2.75, 3.05) is 0 Å². The summed E-state index contributed by atoms with van der Waals surface area (Å²) in [5, 5.41) is 21.5. The van der Waals surface area contributed by atoms with Crippen LogP contribution in [0.1, 0.15) is 29.4 Å². The number of aryl methyl sites for hydroxylation is 1. The minimum atomic E-state index is -1.11. The number of aliphatic hydroxyl groups excluding tert-OH is 1. The topological polar surface area (TPSA) is 83.6 Å². The second kappa shape index (κ2) is 5.67. The third-order valence-electron chi connectivity index (χ3n) is 2.82. The normalized spacial score (nSPS) is 12.3. The second-order valence-electron chi connectivity index (χ2n) is 4.47. The molecule has 0 saturated heterocycles. The highest BCUT2D eigenvalue weighted by molar-refractivity contribution is 5.86. The van der Waals surface area contributed by atoms with E-state index in [9.17, 15) is 9.90 Å². The van der Waals surface area contributed by atoms with E-state index in [1.807, 2.05) is 24.3 Å². The van der Waals surface area contributed by atoms with Gasteiger partial charge in [-0.25, -0.2) is 4.79 Å². The van der Waals surface area contributed by atoms with Crippen molar-refractivity contribution in [2.24, 2.45) is 0 Å². The van der Waals surface area contributed by atoms with Gasteiger partial charge in [-0.2, -0.15) is 0 Å². The van der Waals surface area contributed by atoms with Gasteiger partial charge in [-0.1, -0.05) is 29.4 Å². The van der Waals surface area contributed by atoms with E-state index in [4.69, 9.17) is 9.63 Å². The van der Waals surface area contributed by atoms with Crippen molar-refractivity contribution in [3.8, 4) is 11.3 Å². The first-order valence-corrected chi connectivity index (χ1v) is 6.03. The first-order chi connectivity index (χ1) is 9.06. The van der Waals surface area contributed by atoms with Gasteiger partial charge in [-0.3, -0.25) is 0 Å². The number of hydrogen-bond acceptors (Lipinski definition) is 4. The highest BCUT2D eigenvalue weighted by Crippen LogP contribution is 2.21. The van der Waals surface area contributed by atoms with Crippen molar-refractivity contribution in [3.63, 3.8) is 0 Å². The Morgan fingerprint density at radius 3 is 2.58 bits per heavy atom. The van der Waals surface area contributed by atoms with Crippen LogP contribution in [0.15, 0.2) is 34.9 Å². The fourth-order valence-corrected chi connectivity index (χ4v) is 1.72. The Bertz CT molecular complexity index is 557. The third kappa shape index (κ3) is 3.42. The molecule has 0 radical (unpaired) electrons. The van der Waals surface area contributed by atoms with Gasteiger partial charge in [0, 0.05) is 11.6 Å². The molecule has 1 aromatic carbocycles. The van der Waals surface area contributed by atoms with Gasteiger partial charge < -0.3 is 14.7 Å². The van der Waals surface area contributed by atoms with Crippen LogP contribution in [-0.2, 0) is 6.42 Å². The van der Waals surface area contributed by atoms with Gasteiger partial charge in [0.15, 0.2) is 11.5 Å². The summed E-state index contributed by atoms with van der Waals surface area (Å²) in [7, 11) is 0. The Kier molecular flexibility index (Phi) is 3.97. The van der Waals surface area contributed by atoms with Crippen molar-refractivity contribution < 1.29 is 19.5 Å². The number of benzene rings is 1. The molecular formula is C14H15NO4. The lowest BCUT2D eigenvalue weighted by molar-refractivity contribution is 0.0686. The fraction of sp³-hybridized carbons (Fsp3) is 0.286. The molecule has 0 bridgehead atoms. The highest BCUT2D eigenvalue weighted by atomic mass is 16.5. The summed E-state index contributed by atoms with van der Waals surface area (Å²) in [6.45, 7) is 1.76. The number of nitrogens with zero attached hydrogens (tertiary/aromatic N) is 1. The molecule has 5 heteroatoms. The molecule has 1 heterocycles. The molecule has 1 unspecified atom stereocenters. The predicted molar refractivity (Wildman–Crippen MR) is 68.9 cm³/mol. The van der Waals surface area contributed by atoms with Crippen LogP contribution >= 0.6 is 0 Å². The Labute approximate surface area is 110 Å². The zero-order valence-electron chi connectivity index (χ0n) is 10.5. The van der Waals surface area contributed by atoms with Crippen molar-refractivity contribution in [1.82, 2.24) is 5.16 Å². The van der Waals surface area contributed by atoms with E-state index >= 15 is 0 Å². The van der Waals surface area contributed by atoms with E-state index in [1.165, 1.54) is 6.07 Å². The van der Waals surface area contributed by atoms with E-state index in [2.05, 4.69) is 5.16 Å². The van der Waals surface area contributed by atoms with Gasteiger partial charge >= 0.3 is 5.97 Å². The lowest BCUT2D eigenvalue weighted by Crippen LogP contribution is -2.01. The van der Waals surface area contributed by atoms with Crippen molar-refractivity contribution in [3.05, 3.63) is 41.6 Å². The van der Waals surface area contributed by atoms with Crippen LogP contribution in [0.5, 0.6) is 0 Å². The van der Waals surface area contributed by atoms with Gasteiger partial charge in [0.05, 0.1) is 6.10 Å². The van der Waals surface area contributed by atoms with Crippen LogP contribution < -0.4 is 0 Å². The number of aliphatic hydroxyl groups is 1. The largest absolute Gasteiger partial charge is 0.476 e. The molecule has 0 fully saturated rings. The van der Waals surface area contributed by atoms with Crippen LogP contribution in [0.2, 0.25) is 0 Å². The number of hydrogen-bond donors (Lipinski definition) is 2. The standard InChI is InChI=1S/C14H15NO4/c1-9(16)2-3-10-4-6-11(7-5-10)13-8-12(14(17)18)15-19-13/h4-9,16H,2-3H2,1H3,(H,17,18). The maximum atomic E-state index is 10.7. The molecule has 100 valence electrons. The Hall–Kier alpha value is -2.14. The number of carbonyl (C=O) groups is 1. The van der Waals surface area contributed by atoms with E-state index in [-0.39, 0.29) is 11.8 Å². The Balaban J connectivity index is 2.10. The molecular weight excluding hydrogens is 246 g/mol. The van der Waals surface area contributed by atoms with E-state index in [0.717, 1.165) is 17.5 Å². The van der Waals surface area contributed by atoms with Crippen molar-refractivity contribution in [2.45, 2.75) is 25.9 Å². The lowest BCUT2D eigenvalue weighted by Gasteiger charge is -2.04. The van der Waals surface area contributed by atoms with E-state index in [0.29, 0.717) is 12.2 Å². The average Bonchev–Trinajstić information content (AvgIpc) is 2.86. The Morgan fingerprint density at radius 2 is 2.05 bits per heavy atom. The molecule has 2 rings (SSSR count). The summed E-state index contributed by atoms with van der Waals surface area (Å²) in [6.07, 6.45) is 1.20. The number of aromatic nitrogens is 1. The zero-order valence-corrected chi connectivity index (χ0v) is 10.5. The van der Waals surface area contributed by atoms with Gasteiger partial charge in [-0.15, -0.1) is 0 Å². The van der Waals surface area contributed by atoms with E-state index < -0.39 is 5.97 Å². The van der Waals surface area contributed by atoms with Crippen LogP contribution in [0.4, 0.5) is 0 Å². The van der Waals surface area contributed by atoms with Gasteiger partial charge in [0.1, 0.15) is 0 Å².